The third kappa shape index (κ3) is 3.92. The lowest BCUT2D eigenvalue weighted by Gasteiger charge is -2.26. The van der Waals surface area contributed by atoms with E-state index in [1.807, 2.05) is 0 Å². The molecular formula is C13H17N3O4. The molecule has 1 aliphatic heterocycles. The van der Waals surface area contributed by atoms with Gasteiger partial charge in [-0.25, -0.2) is 0 Å². The molecule has 0 aliphatic carbocycles. The Kier molecular flexibility index (Phi) is 4.89. The summed E-state index contributed by atoms with van der Waals surface area (Å²) in [5.41, 5.74) is 0.824. The van der Waals surface area contributed by atoms with Crippen LogP contribution in [0.3, 0.4) is 0 Å². The van der Waals surface area contributed by atoms with Crippen LogP contribution in [0.1, 0.15) is 6.42 Å². The van der Waals surface area contributed by atoms with Gasteiger partial charge in [-0.3, -0.25) is 14.9 Å². The van der Waals surface area contributed by atoms with Crippen LogP contribution in [0, 0.1) is 10.1 Å². The number of hydrogen-bond acceptors (Lipinski definition) is 5. The number of nitrogens with one attached hydrogen (secondary N) is 1. The quantitative estimate of drug-likeness (QED) is 0.648. The van der Waals surface area contributed by atoms with Crippen molar-refractivity contribution in [2.24, 2.45) is 0 Å². The first-order valence-corrected chi connectivity index (χ1v) is 6.50. The molecule has 0 saturated carbocycles. The minimum Gasteiger partial charge on any atom is -0.385 e. The monoisotopic (exact) mass is 279 g/mol. The van der Waals surface area contributed by atoms with Crippen LogP contribution in [-0.2, 0) is 9.53 Å². The van der Waals surface area contributed by atoms with Crippen molar-refractivity contribution in [2.75, 3.05) is 38.2 Å². The number of anilines is 1. The maximum atomic E-state index is 11.9. The third-order valence-corrected chi connectivity index (χ3v) is 3.11. The zero-order chi connectivity index (χ0) is 14.4. The van der Waals surface area contributed by atoms with Gasteiger partial charge in [0.15, 0.2) is 0 Å². The first-order valence-electron chi connectivity index (χ1n) is 6.50. The van der Waals surface area contributed by atoms with Crippen LogP contribution in [0.4, 0.5) is 11.4 Å². The van der Waals surface area contributed by atoms with Gasteiger partial charge in [0.1, 0.15) is 0 Å². The molecule has 0 unspecified atom stereocenters. The molecule has 1 amide bonds. The number of hydrogen-bond donors (Lipinski definition) is 1. The van der Waals surface area contributed by atoms with E-state index in [0.717, 1.165) is 5.69 Å². The average Bonchev–Trinajstić information content (AvgIpc) is 2.48. The summed E-state index contributed by atoms with van der Waals surface area (Å²) in [7, 11) is 0. The molecule has 20 heavy (non-hydrogen) atoms. The van der Waals surface area contributed by atoms with Gasteiger partial charge in [-0.2, -0.15) is 0 Å². The summed E-state index contributed by atoms with van der Waals surface area (Å²) < 4.78 is 5.19. The molecule has 0 atom stereocenters. The van der Waals surface area contributed by atoms with Crippen molar-refractivity contribution in [3.63, 3.8) is 0 Å². The molecule has 0 bridgehead atoms. The minimum atomic E-state index is -0.439. The fraction of sp³-hybridized carbons (Fsp3) is 0.462. The summed E-state index contributed by atoms with van der Waals surface area (Å²) in [5.74, 6) is 0.0997. The number of non-ortho nitro benzene ring substituents is 1. The highest BCUT2D eigenvalue weighted by molar-refractivity contribution is 5.76. The van der Waals surface area contributed by atoms with Crippen LogP contribution in [0.5, 0.6) is 0 Å². The van der Waals surface area contributed by atoms with Gasteiger partial charge in [0.2, 0.25) is 5.91 Å². The number of benzene rings is 1. The highest BCUT2D eigenvalue weighted by Crippen LogP contribution is 2.15. The van der Waals surface area contributed by atoms with Gasteiger partial charge < -0.3 is 15.0 Å². The lowest BCUT2D eigenvalue weighted by Crippen LogP contribution is -2.41. The van der Waals surface area contributed by atoms with Crippen molar-refractivity contribution >= 4 is 17.3 Å². The zero-order valence-electron chi connectivity index (χ0n) is 11.1. The van der Waals surface area contributed by atoms with Crippen molar-refractivity contribution in [1.29, 1.82) is 0 Å². The summed E-state index contributed by atoms with van der Waals surface area (Å²) in [4.78, 5) is 23.7. The second-order valence-electron chi connectivity index (χ2n) is 4.47. The molecule has 0 aromatic heterocycles. The van der Waals surface area contributed by atoms with Crippen LogP contribution < -0.4 is 5.32 Å². The molecule has 1 heterocycles. The smallest absolute Gasteiger partial charge is 0.269 e. The summed E-state index contributed by atoms with van der Waals surface area (Å²) in [6.07, 6.45) is 0.400. The van der Waals surface area contributed by atoms with E-state index in [9.17, 15) is 14.9 Å². The lowest BCUT2D eigenvalue weighted by atomic mass is 10.2. The Morgan fingerprint density at radius 1 is 1.30 bits per heavy atom. The number of amides is 1. The van der Waals surface area contributed by atoms with E-state index >= 15 is 0 Å². The van der Waals surface area contributed by atoms with Crippen LogP contribution in [0.25, 0.3) is 0 Å². The molecule has 7 heteroatoms. The fourth-order valence-corrected chi connectivity index (χ4v) is 1.99. The maximum absolute atomic E-state index is 11.9. The van der Waals surface area contributed by atoms with E-state index in [-0.39, 0.29) is 11.6 Å². The summed E-state index contributed by atoms with van der Waals surface area (Å²) in [6.45, 7) is 3.00. The average molecular weight is 279 g/mol. The van der Waals surface area contributed by atoms with Gasteiger partial charge in [0.05, 0.1) is 18.1 Å². The van der Waals surface area contributed by atoms with E-state index in [1.54, 1.807) is 17.0 Å². The second kappa shape index (κ2) is 6.85. The Balaban J connectivity index is 1.74. The predicted octanol–water partition coefficient (Wildman–Crippen LogP) is 1.26. The maximum Gasteiger partial charge on any atom is 0.269 e. The number of rotatable bonds is 5. The van der Waals surface area contributed by atoms with Crippen molar-refractivity contribution in [1.82, 2.24) is 4.90 Å². The van der Waals surface area contributed by atoms with E-state index in [1.165, 1.54) is 12.1 Å². The van der Waals surface area contributed by atoms with Gasteiger partial charge in [-0.15, -0.1) is 0 Å². The number of ether oxygens (including phenoxy) is 1. The number of carbonyl (C=O) groups excluding carboxylic acids is 1. The summed E-state index contributed by atoms with van der Waals surface area (Å²) >= 11 is 0. The number of nitrogens with zero attached hydrogens (tertiary/aromatic N) is 2. The molecule has 1 saturated heterocycles. The normalized spacial score (nSPS) is 14.9. The number of morpholine rings is 1. The molecule has 0 spiro atoms. The van der Waals surface area contributed by atoms with E-state index in [4.69, 9.17) is 4.74 Å². The molecule has 0 radical (unpaired) electrons. The van der Waals surface area contributed by atoms with Crippen LogP contribution >= 0.6 is 0 Å². The molecule has 1 aliphatic rings. The highest BCUT2D eigenvalue weighted by atomic mass is 16.6. The highest BCUT2D eigenvalue weighted by Gasteiger charge is 2.15. The Morgan fingerprint density at radius 3 is 2.55 bits per heavy atom. The van der Waals surface area contributed by atoms with Crippen molar-refractivity contribution in [3.05, 3.63) is 34.4 Å². The number of nitro benzene ring substituents is 1. The molecule has 2 rings (SSSR count). The van der Waals surface area contributed by atoms with Gasteiger partial charge >= 0.3 is 0 Å². The van der Waals surface area contributed by atoms with Gasteiger partial charge in [-0.1, -0.05) is 0 Å². The zero-order valence-corrected chi connectivity index (χ0v) is 11.1. The summed E-state index contributed by atoms with van der Waals surface area (Å²) in [5, 5.41) is 13.6. The van der Waals surface area contributed by atoms with Gasteiger partial charge in [0.25, 0.3) is 5.69 Å². The standard InChI is InChI=1S/C13H17N3O4/c17-13(15-7-9-20-10-8-15)5-6-14-11-1-3-12(4-2-11)16(18)19/h1-4,14H,5-10H2. The Hall–Kier alpha value is -2.15. The first-order chi connectivity index (χ1) is 9.66. The molecule has 1 N–H and O–H groups in total. The fourth-order valence-electron chi connectivity index (χ4n) is 1.99. The Bertz CT molecular complexity index is 469. The molecule has 1 fully saturated rings. The minimum absolute atomic E-state index is 0.0555. The second-order valence-corrected chi connectivity index (χ2v) is 4.47. The number of carbonyl (C=O) groups is 1. The Labute approximate surface area is 116 Å². The topological polar surface area (TPSA) is 84.7 Å². The SMILES string of the molecule is O=C(CCNc1ccc([N+](=O)[O-])cc1)N1CCOCC1. The molecule has 108 valence electrons. The Morgan fingerprint density at radius 2 is 1.95 bits per heavy atom. The summed E-state index contributed by atoms with van der Waals surface area (Å²) in [6, 6.07) is 6.15. The molecule has 7 nitrogen and oxygen atoms in total. The van der Waals surface area contributed by atoms with E-state index in [2.05, 4.69) is 5.32 Å². The van der Waals surface area contributed by atoms with Crippen LogP contribution in [0.15, 0.2) is 24.3 Å². The number of nitro groups is 1. The largest absolute Gasteiger partial charge is 0.385 e. The van der Waals surface area contributed by atoms with Gasteiger partial charge in [-0.05, 0) is 12.1 Å². The van der Waals surface area contributed by atoms with Crippen molar-refractivity contribution in [3.8, 4) is 0 Å². The van der Waals surface area contributed by atoms with Gasteiger partial charge in [0, 0.05) is 43.9 Å². The van der Waals surface area contributed by atoms with Crippen LogP contribution in [0.2, 0.25) is 0 Å². The molecule has 1 aromatic carbocycles. The predicted molar refractivity (Wildman–Crippen MR) is 73.6 cm³/mol. The molecular weight excluding hydrogens is 262 g/mol. The first kappa shape index (κ1) is 14.3. The third-order valence-electron chi connectivity index (χ3n) is 3.11. The van der Waals surface area contributed by atoms with Crippen LogP contribution in [-0.4, -0.2) is 48.6 Å². The molecule has 1 aromatic rings. The lowest BCUT2D eigenvalue weighted by molar-refractivity contribution is -0.384. The van der Waals surface area contributed by atoms with E-state index < -0.39 is 4.92 Å². The van der Waals surface area contributed by atoms with Crippen molar-refractivity contribution in [2.45, 2.75) is 6.42 Å². The van der Waals surface area contributed by atoms with E-state index in [0.29, 0.717) is 39.3 Å². The van der Waals surface area contributed by atoms with Crippen molar-refractivity contribution < 1.29 is 14.5 Å².